The molecule has 0 aliphatic carbocycles. The minimum atomic E-state index is -1.14. The van der Waals surface area contributed by atoms with Crippen LogP contribution in [0.5, 0.6) is 0 Å². The minimum Gasteiger partial charge on any atom is -0.347 e. The van der Waals surface area contributed by atoms with Crippen LogP contribution >= 0.6 is 0 Å². The molecule has 1 atom stereocenters. The molecule has 0 aliphatic rings. The van der Waals surface area contributed by atoms with E-state index in [0.717, 1.165) is 5.56 Å². The number of likely N-dealkylation sites (N-methyl/N-ethyl adjacent to an activating group) is 2. The maximum atomic E-state index is 12.4. The summed E-state index contributed by atoms with van der Waals surface area (Å²) in [7, 11) is 4.89. The summed E-state index contributed by atoms with van der Waals surface area (Å²) < 4.78 is 0. The van der Waals surface area contributed by atoms with Crippen LogP contribution in [-0.4, -0.2) is 49.3 Å². The molecular weight excluding hydrogens is 242 g/mol. The summed E-state index contributed by atoms with van der Waals surface area (Å²) in [4.78, 5) is 26.8. The second kappa shape index (κ2) is 5.84. The Bertz CT molecular complexity index is 455. The van der Waals surface area contributed by atoms with Gasteiger partial charge in [-0.3, -0.25) is 9.59 Å². The number of amides is 2. The van der Waals surface area contributed by atoms with E-state index >= 15 is 0 Å². The van der Waals surface area contributed by atoms with Crippen molar-refractivity contribution in [3.8, 4) is 0 Å². The number of rotatable bonds is 4. The largest absolute Gasteiger partial charge is 0.347 e. The summed E-state index contributed by atoms with van der Waals surface area (Å²) in [5.74, 6) is -0.423. The maximum absolute atomic E-state index is 12.4. The van der Waals surface area contributed by atoms with E-state index in [1.807, 2.05) is 18.2 Å². The van der Waals surface area contributed by atoms with Crippen LogP contribution in [0, 0.1) is 0 Å². The van der Waals surface area contributed by atoms with Crippen molar-refractivity contribution in [1.82, 2.24) is 9.80 Å². The van der Waals surface area contributed by atoms with Gasteiger partial charge in [0.2, 0.25) is 11.8 Å². The van der Waals surface area contributed by atoms with Gasteiger partial charge in [-0.2, -0.15) is 0 Å². The van der Waals surface area contributed by atoms with Gasteiger partial charge in [-0.15, -0.1) is 0 Å². The van der Waals surface area contributed by atoms with Crippen LogP contribution in [-0.2, 0) is 15.1 Å². The first-order chi connectivity index (χ1) is 8.76. The highest BCUT2D eigenvalue weighted by Gasteiger charge is 2.33. The zero-order chi connectivity index (χ0) is 14.6. The molecule has 5 heteroatoms. The van der Waals surface area contributed by atoms with Crippen LogP contribution in [0.15, 0.2) is 30.3 Å². The van der Waals surface area contributed by atoms with Gasteiger partial charge >= 0.3 is 0 Å². The number of carbonyl (C=O) groups is 2. The Morgan fingerprint density at radius 3 is 2.16 bits per heavy atom. The minimum absolute atomic E-state index is 0.0193. The molecular formula is C14H21N3O2. The Kier molecular flexibility index (Phi) is 4.67. The molecule has 0 aromatic heterocycles. The van der Waals surface area contributed by atoms with Crippen molar-refractivity contribution in [3.63, 3.8) is 0 Å². The summed E-state index contributed by atoms with van der Waals surface area (Å²) in [6.45, 7) is 1.67. The van der Waals surface area contributed by atoms with Gasteiger partial charge in [-0.05, 0) is 12.5 Å². The van der Waals surface area contributed by atoms with Gasteiger partial charge in [0.1, 0.15) is 5.54 Å². The Morgan fingerprint density at radius 1 is 1.16 bits per heavy atom. The number of benzene rings is 1. The molecule has 0 bridgehead atoms. The number of nitrogens with two attached hydrogens (primary N) is 1. The smallest absolute Gasteiger partial charge is 0.247 e. The van der Waals surface area contributed by atoms with E-state index in [4.69, 9.17) is 5.73 Å². The standard InChI is InChI=1S/C14H21N3O2/c1-14(15,11-8-6-5-7-9-11)13(19)17(4)10-12(18)16(2)3/h5-9H,10,15H2,1-4H3. The molecule has 1 aromatic rings. The third kappa shape index (κ3) is 3.54. The molecule has 1 aromatic carbocycles. The second-order valence-electron chi connectivity index (χ2n) is 5.02. The second-order valence-corrected chi connectivity index (χ2v) is 5.02. The molecule has 1 rings (SSSR count). The highest BCUT2D eigenvalue weighted by molar-refractivity contribution is 5.90. The SMILES string of the molecule is CN(C)C(=O)CN(C)C(=O)C(C)(N)c1ccccc1. The fraction of sp³-hybridized carbons (Fsp3) is 0.429. The van der Waals surface area contributed by atoms with Gasteiger partial charge in [0, 0.05) is 21.1 Å². The van der Waals surface area contributed by atoms with Crippen LogP contribution in [0.4, 0.5) is 0 Å². The van der Waals surface area contributed by atoms with Crippen molar-refractivity contribution in [2.75, 3.05) is 27.7 Å². The lowest BCUT2D eigenvalue weighted by molar-refractivity contribution is -0.141. The molecule has 2 N–H and O–H groups in total. The summed E-state index contributed by atoms with van der Waals surface area (Å²) >= 11 is 0. The maximum Gasteiger partial charge on any atom is 0.247 e. The third-order valence-electron chi connectivity index (χ3n) is 3.04. The van der Waals surface area contributed by atoms with E-state index in [9.17, 15) is 9.59 Å². The predicted molar refractivity (Wildman–Crippen MR) is 74.3 cm³/mol. The lowest BCUT2D eigenvalue weighted by Gasteiger charge is -2.29. The Labute approximate surface area is 114 Å². The zero-order valence-electron chi connectivity index (χ0n) is 11.9. The van der Waals surface area contributed by atoms with E-state index in [1.54, 1.807) is 40.2 Å². The molecule has 104 valence electrons. The molecule has 5 nitrogen and oxygen atoms in total. The Morgan fingerprint density at radius 2 is 1.68 bits per heavy atom. The van der Waals surface area contributed by atoms with Gasteiger partial charge in [0.15, 0.2) is 0 Å². The van der Waals surface area contributed by atoms with E-state index < -0.39 is 5.54 Å². The van der Waals surface area contributed by atoms with Gasteiger partial charge in [0.25, 0.3) is 0 Å². The van der Waals surface area contributed by atoms with Crippen molar-refractivity contribution < 1.29 is 9.59 Å². The van der Waals surface area contributed by atoms with E-state index in [1.165, 1.54) is 9.80 Å². The van der Waals surface area contributed by atoms with E-state index in [0.29, 0.717) is 0 Å². The van der Waals surface area contributed by atoms with Crippen molar-refractivity contribution in [3.05, 3.63) is 35.9 Å². The monoisotopic (exact) mass is 263 g/mol. The lowest BCUT2D eigenvalue weighted by atomic mass is 9.92. The van der Waals surface area contributed by atoms with Gasteiger partial charge in [-0.1, -0.05) is 30.3 Å². The first kappa shape index (κ1) is 15.2. The summed E-state index contributed by atoms with van der Waals surface area (Å²) in [6, 6.07) is 9.14. The number of hydrogen-bond acceptors (Lipinski definition) is 3. The van der Waals surface area contributed by atoms with E-state index in [2.05, 4.69) is 0 Å². The fourth-order valence-corrected chi connectivity index (χ4v) is 1.72. The summed E-state index contributed by atoms with van der Waals surface area (Å²) in [6.07, 6.45) is 0. The summed E-state index contributed by atoms with van der Waals surface area (Å²) in [5.41, 5.74) is 5.71. The molecule has 19 heavy (non-hydrogen) atoms. The Balaban J connectivity index is 2.84. The van der Waals surface area contributed by atoms with Crippen LogP contribution in [0.1, 0.15) is 12.5 Å². The first-order valence-corrected chi connectivity index (χ1v) is 6.07. The lowest BCUT2D eigenvalue weighted by Crippen LogP contribution is -2.51. The molecule has 0 heterocycles. The van der Waals surface area contributed by atoms with Crippen molar-refractivity contribution in [2.45, 2.75) is 12.5 Å². The highest BCUT2D eigenvalue weighted by atomic mass is 16.2. The number of hydrogen-bond donors (Lipinski definition) is 1. The third-order valence-corrected chi connectivity index (χ3v) is 3.04. The molecule has 1 unspecified atom stereocenters. The van der Waals surface area contributed by atoms with Gasteiger partial charge in [0.05, 0.1) is 6.54 Å². The predicted octanol–water partition coefficient (Wildman–Crippen LogP) is 0.407. The average molecular weight is 263 g/mol. The first-order valence-electron chi connectivity index (χ1n) is 6.07. The topological polar surface area (TPSA) is 66.6 Å². The quantitative estimate of drug-likeness (QED) is 0.855. The molecule has 0 fully saturated rings. The zero-order valence-corrected chi connectivity index (χ0v) is 11.9. The molecule has 0 saturated carbocycles. The highest BCUT2D eigenvalue weighted by Crippen LogP contribution is 2.19. The molecule has 0 saturated heterocycles. The summed E-state index contributed by atoms with van der Waals surface area (Å²) in [5, 5.41) is 0. The van der Waals surface area contributed by atoms with Crippen LogP contribution < -0.4 is 5.73 Å². The van der Waals surface area contributed by atoms with Gasteiger partial charge in [-0.25, -0.2) is 0 Å². The van der Waals surface area contributed by atoms with E-state index in [-0.39, 0.29) is 18.4 Å². The molecule has 0 radical (unpaired) electrons. The van der Waals surface area contributed by atoms with Crippen molar-refractivity contribution >= 4 is 11.8 Å². The number of nitrogens with zero attached hydrogens (tertiary/aromatic N) is 2. The Hall–Kier alpha value is -1.88. The van der Waals surface area contributed by atoms with Crippen LogP contribution in [0.3, 0.4) is 0 Å². The molecule has 0 aliphatic heterocycles. The van der Waals surface area contributed by atoms with Gasteiger partial charge < -0.3 is 15.5 Å². The molecule has 0 spiro atoms. The van der Waals surface area contributed by atoms with Crippen LogP contribution in [0.25, 0.3) is 0 Å². The van der Waals surface area contributed by atoms with Crippen LogP contribution in [0.2, 0.25) is 0 Å². The normalized spacial score (nSPS) is 13.5. The fourth-order valence-electron chi connectivity index (χ4n) is 1.72. The number of carbonyl (C=O) groups excluding carboxylic acids is 2. The molecule has 2 amide bonds. The van der Waals surface area contributed by atoms with Crippen molar-refractivity contribution in [1.29, 1.82) is 0 Å². The van der Waals surface area contributed by atoms with Crippen molar-refractivity contribution in [2.24, 2.45) is 5.73 Å². The average Bonchev–Trinajstić information content (AvgIpc) is 2.38.